The molecule has 0 aliphatic carbocycles. The first-order valence-corrected chi connectivity index (χ1v) is 11.7. The molecule has 8 nitrogen and oxygen atoms in total. The Hall–Kier alpha value is -1.78. The number of piperidine rings is 1. The maximum Gasteiger partial charge on any atom is 0.315 e. The monoisotopic (exact) mass is 430 g/mol. The first-order chi connectivity index (χ1) is 13.4. The lowest BCUT2D eigenvalue weighted by Gasteiger charge is -2.27. The normalized spacial score (nSPS) is 15.1. The number of sulfonamides is 1. The van der Waals surface area contributed by atoms with E-state index < -0.39 is 16.0 Å². The zero-order chi connectivity index (χ0) is 20.6. The second-order valence-electron chi connectivity index (χ2n) is 6.18. The van der Waals surface area contributed by atoms with Crippen LogP contribution in [0.15, 0.2) is 23.1 Å². The molecule has 1 heterocycles. The van der Waals surface area contributed by atoms with Crippen molar-refractivity contribution in [2.75, 3.05) is 43.6 Å². The van der Waals surface area contributed by atoms with Gasteiger partial charge in [-0.2, -0.15) is 4.31 Å². The summed E-state index contributed by atoms with van der Waals surface area (Å²) >= 11 is 1.12. The van der Waals surface area contributed by atoms with Crippen molar-refractivity contribution in [1.82, 2.24) is 4.31 Å². The van der Waals surface area contributed by atoms with Crippen LogP contribution in [0.3, 0.4) is 0 Å². The number of rotatable bonds is 9. The number of amides is 1. The van der Waals surface area contributed by atoms with Crippen molar-refractivity contribution < 1.29 is 27.5 Å². The largest absolute Gasteiger partial charge is 0.492 e. The van der Waals surface area contributed by atoms with Gasteiger partial charge >= 0.3 is 5.97 Å². The van der Waals surface area contributed by atoms with E-state index in [0.29, 0.717) is 25.4 Å². The lowest BCUT2D eigenvalue weighted by molar-refractivity contribution is -0.137. The van der Waals surface area contributed by atoms with Gasteiger partial charge in [0.2, 0.25) is 15.9 Å². The van der Waals surface area contributed by atoms with Gasteiger partial charge in [0.05, 0.1) is 25.2 Å². The number of ether oxygens (including phenoxy) is 2. The highest BCUT2D eigenvalue weighted by molar-refractivity contribution is 8.00. The van der Waals surface area contributed by atoms with Gasteiger partial charge in [0, 0.05) is 18.8 Å². The highest BCUT2D eigenvalue weighted by atomic mass is 32.2. The van der Waals surface area contributed by atoms with Crippen LogP contribution in [-0.4, -0.2) is 62.9 Å². The van der Waals surface area contributed by atoms with E-state index in [1.165, 1.54) is 17.5 Å². The highest BCUT2D eigenvalue weighted by Crippen LogP contribution is 2.31. The zero-order valence-electron chi connectivity index (χ0n) is 16.1. The van der Waals surface area contributed by atoms with Crippen molar-refractivity contribution in [3.05, 3.63) is 18.2 Å². The fourth-order valence-electron chi connectivity index (χ4n) is 2.79. The summed E-state index contributed by atoms with van der Waals surface area (Å²) in [4.78, 5) is 23.2. The number of carbonyl (C=O) groups is 2. The van der Waals surface area contributed by atoms with Crippen LogP contribution in [0.4, 0.5) is 5.69 Å². The third-order valence-corrected chi connectivity index (χ3v) is 6.97. The van der Waals surface area contributed by atoms with Gasteiger partial charge in [-0.25, -0.2) is 8.42 Å². The predicted molar refractivity (Wildman–Crippen MR) is 108 cm³/mol. The van der Waals surface area contributed by atoms with Gasteiger partial charge in [-0.3, -0.25) is 9.59 Å². The van der Waals surface area contributed by atoms with Gasteiger partial charge in [0.15, 0.2) is 0 Å². The smallest absolute Gasteiger partial charge is 0.315 e. The molecule has 0 aromatic heterocycles. The Morgan fingerprint density at radius 3 is 2.54 bits per heavy atom. The van der Waals surface area contributed by atoms with Crippen molar-refractivity contribution in [2.45, 2.75) is 31.1 Å². The van der Waals surface area contributed by atoms with Gasteiger partial charge in [0.25, 0.3) is 0 Å². The Morgan fingerprint density at radius 1 is 1.18 bits per heavy atom. The van der Waals surface area contributed by atoms with Crippen molar-refractivity contribution in [3.63, 3.8) is 0 Å². The molecular weight excluding hydrogens is 404 g/mol. The number of hydrogen-bond donors (Lipinski definition) is 1. The Labute approximate surface area is 170 Å². The average Bonchev–Trinajstić information content (AvgIpc) is 2.69. The summed E-state index contributed by atoms with van der Waals surface area (Å²) in [6, 6.07) is 4.58. The maximum absolute atomic E-state index is 13.1. The molecule has 0 spiro atoms. The van der Waals surface area contributed by atoms with Crippen molar-refractivity contribution in [2.24, 2.45) is 0 Å². The quantitative estimate of drug-likeness (QED) is 0.599. The zero-order valence-corrected chi connectivity index (χ0v) is 17.7. The molecule has 0 radical (unpaired) electrons. The summed E-state index contributed by atoms with van der Waals surface area (Å²) in [7, 11) is -2.43. The second kappa shape index (κ2) is 10.7. The molecule has 1 saturated heterocycles. The molecule has 0 bridgehead atoms. The molecule has 1 aliphatic rings. The van der Waals surface area contributed by atoms with E-state index in [1.54, 1.807) is 19.1 Å². The topological polar surface area (TPSA) is 102 Å². The minimum Gasteiger partial charge on any atom is -0.492 e. The second-order valence-corrected chi connectivity index (χ2v) is 9.07. The Balaban J connectivity index is 2.15. The van der Waals surface area contributed by atoms with Crippen LogP contribution < -0.4 is 10.1 Å². The molecule has 0 atom stereocenters. The SMILES string of the molecule is CCOc1ccc(NC(=O)CSCC(=O)OC)cc1S(=O)(=O)N1CCCCC1. The predicted octanol–water partition coefficient (Wildman–Crippen LogP) is 2.10. The molecule has 1 N–H and O–H groups in total. The lowest BCUT2D eigenvalue weighted by Crippen LogP contribution is -2.35. The summed E-state index contributed by atoms with van der Waals surface area (Å²) in [5.74, 6) is -0.350. The van der Waals surface area contributed by atoms with E-state index in [9.17, 15) is 18.0 Å². The summed E-state index contributed by atoms with van der Waals surface area (Å²) in [6.45, 7) is 3.08. The van der Waals surface area contributed by atoms with Crippen LogP contribution >= 0.6 is 11.8 Å². The van der Waals surface area contributed by atoms with E-state index in [4.69, 9.17) is 4.74 Å². The van der Waals surface area contributed by atoms with Crippen LogP contribution in [-0.2, 0) is 24.3 Å². The van der Waals surface area contributed by atoms with Crippen LogP contribution in [0.5, 0.6) is 5.75 Å². The van der Waals surface area contributed by atoms with Crippen molar-refractivity contribution >= 4 is 39.3 Å². The van der Waals surface area contributed by atoms with Crippen molar-refractivity contribution in [3.8, 4) is 5.75 Å². The molecule has 1 fully saturated rings. The Morgan fingerprint density at radius 2 is 1.89 bits per heavy atom. The number of esters is 1. The van der Waals surface area contributed by atoms with E-state index in [2.05, 4.69) is 10.1 Å². The van der Waals surface area contributed by atoms with Gasteiger partial charge in [-0.15, -0.1) is 11.8 Å². The number of benzene rings is 1. The van der Waals surface area contributed by atoms with Gasteiger partial charge < -0.3 is 14.8 Å². The number of carbonyl (C=O) groups excluding carboxylic acids is 2. The van der Waals surface area contributed by atoms with Crippen LogP contribution in [0.1, 0.15) is 26.2 Å². The molecule has 0 saturated carbocycles. The summed E-state index contributed by atoms with van der Waals surface area (Å²) < 4.78 is 37.6. The van der Waals surface area contributed by atoms with E-state index in [-0.39, 0.29) is 28.1 Å². The van der Waals surface area contributed by atoms with Gasteiger partial charge in [-0.1, -0.05) is 6.42 Å². The number of anilines is 1. The van der Waals surface area contributed by atoms with Crippen molar-refractivity contribution in [1.29, 1.82) is 0 Å². The molecule has 28 heavy (non-hydrogen) atoms. The van der Waals surface area contributed by atoms with E-state index in [1.807, 2.05) is 0 Å². The Bertz CT molecular complexity index is 791. The molecule has 1 aromatic carbocycles. The lowest BCUT2D eigenvalue weighted by atomic mass is 10.2. The molecule has 156 valence electrons. The standard InChI is InChI=1S/C18H26N2O6S2/c1-3-26-15-8-7-14(19-17(21)12-27-13-18(22)25-2)11-16(15)28(23,24)20-9-5-4-6-10-20/h7-8,11H,3-6,9-10,12-13H2,1-2H3,(H,19,21). The molecule has 2 rings (SSSR count). The minimum atomic E-state index is -3.71. The van der Waals surface area contributed by atoms with Gasteiger partial charge in [0.1, 0.15) is 10.6 Å². The number of thioether (sulfide) groups is 1. The first-order valence-electron chi connectivity index (χ1n) is 9.10. The third kappa shape index (κ3) is 6.11. The molecule has 0 unspecified atom stereocenters. The molecule has 10 heteroatoms. The first kappa shape index (κ1) is 22.5. The third-order valence-electron chi connectivity index (χ3n) is 4.14. The summed E-state index contributed by atoms with van der Waals surface area (Å²) in [5.41, 5.74) is 0.364. The number of nitrogens with one attached hydrogen (secondary N) is 1. The van der Waals surface area contributed by atoms with Crippen LogP contribution in [0.2, 0.25) is 0 Å². The van der Waals surface area contributed by atoms with Crippen LogP contribution in [0, 0.1) is 0 Å². The highest BCUT2D eigenvalue weighted by Gasteiger charge is 2.29. The molecule has 1 amide bonds. The molecule has 1 aliphatic heterocycles. The van der Waals surface area contributed by atoms with Crippen LogP contribution in [0.25, 0.3) is 0 Å². The average molecular weight is 431 g/mol. The number of hydrogen-bond acceptors (Lipinski definition) is 7. The molecular formula is C18H26N2O6S2. The fourth-order valence-corrected chi connectivity index (χ4v) is 5.11. The van der Waals surface area contributed by atoms with E-state index >= 15 is 0 Å². The summed E-state index contributed by atoms with van der Waals surface area (Å²) in [6.07, 6.45) is 2.68. The summed E-state index contributed by atoms with van der Waals surface area (Å²) in [5, 5.41) is 2.67. The minimum absolute atomic E-state index is 0.0521. The Kier molecular flexibility index (Phi) is 8.58. The van der Waals surface area contributed by atoms with Gasteiger partial charge in [-0.05, 0) is 38.0 Å². The molecule has 1 aromatic rings. The number of methoxy groups -OCH3 is 1. The van der Waals surface area contributed by atoms with E-state index in [0.717, 1.165) is 31.0 Å². The maximum atomic E-state index is 13.1. The number of nitrogens with zero attached hydrogens (tertiary/aromatic N) is 1. The fraction of sp³-hybridized carbons (Fsp3) is 0.556.